The zero-order chi connectivity index (χ0) is 13.2. The molecule has 1 fully saturated rings. The summed E-state index contributed by atoms with van der Waals surface area (Å²) in [7, 11) is 0. The lowest BCUT2D eigenvalue weighted by Gasteiger charge is -2.27. The van der Waals surface area contributed by atoms with Gasteiger partial charge in [0.15, 0.2) is 0 Å². The molecule has 2 aliphatic heterocycles. The molecule has 0 unspecified atom stereocenters. The topological polar surface area (TPSA) is 54.3 Å². The summed E-state index contributed by atoms with van der Waals surface area (Å²) in [6.45, 7) is 3.38. The highest BCUT2D eigenvalue weighted by Gasteiger charge is 2.32. The smallest absolute Gasteiger partial charge is 0.290 e. The minimum atomic E-state index is -0.250. The Bertz CT molecular complexity index is 591. The van der Waals surface area contributed by atoms with Crippen molar-refractivity contribution in [1.82, 2.24) is 9.88 Å². The minimum absolute atomic E-state index is 0.250. The molecule has 4 nitrogen and oxygen atoms in total. The number of benzene rings is 1. The van der Waals surface area contributed by atoms with E-state index in [1.54, 1.807) is 0 Å². The van der Waals surface area contributed by atoms with Gasteiger partial charge in [0.25, 0.3) is 6.47 Å². The van der Waals surface area contributed by atoms with Gasteiger partial charge in [-0.05, 0) is 48.9 Å². The van der Waals surface area contributed by atoms with Crippen LogP contribution >= 0.6 is 0 Å². The first-order valence-corrected chi connectivity index (χ1v) is 6.69. The first kappa shape index (κ1) is 12.2. The molecule has 0 spiro atoms. The fourth-order valence-corrected chi connectivity index (χ4v) is 3.40. The Morgan fingerprint density at radius 3 is 2.84 bits per heavy atom. The summed E-state index contributed by atoms with van der Waals surface area (Å²) >= 11 is 0. The van der Waals surface area contributed by atoms with Crippen molar-refractivity contribution in [1.29, 1.82) is 0 Å². The second-order valence-electron chi connectivity index (χ2n) is 5.29. The van der Waals surface area contributed by atoms with Crippen LogP contribution in [-0.4, -0.2) is 29.2 Å². The number of rotatable bonds is 0. The van der Waals surface area contributed by atoms with E-state index in [0.29, 0.717) is 0 Å². The molecule has 19 heavy (non-hydrogen) atoms. The van der Waals surface area contributed by atoms with E-state index >= 15 is 0 Å². The van der Waals surface area contributed by atoms with E-state index in [9.17, 15) is 0 Å². The number of nitrogens with one attached hydrogen (secondary N) is 1. The third kappa shape index (κ3) is 2.12. The Hall–Kier alpha value is -1.81. The minimum Gasteiger partial charge on any atom is -0.483 e. The van der Waals surface area contributed by atoms with Crippen LogP contribution in [0.2, 0.25) is 0 Å². The van der Waals surface area contributed by atoms with Crippen LogP contribution in [0.4, 0.5) is 0 Å². The van der Waals surface area contributed by atoms with Crippen LogP contribution in [0.3, 0.4) is 0 Å². The van der Waals surface area contributed by atoms with Gasteiger partial charge in [-0.2, -0.15) is 0 Å². The molecule has 3 heterocycles. The molecule has 2 N–H and O–H groups in total. The van der Waals surface area contributed by atoms with Gasteiger partial charge < -0.3 is 15.0 Å². The van der Waals surface area contributed by atoms with E-state index in [4.69, 9.17) is 9.90 Å². The highest BCUT2D eigenvalue weighted by Crippen LogP contribution is 2.32. The van der Waals surface area contributed by atoms with E-state index in [0.717, 1.165) is 11.8 Å². The molecule has 0 saturated carbocycles. The van der Waals surface area contributed by atoms with Gasteiger partial charge >= 0.3 is 0 Å². The number of hydrogen-bond donors (Lipinski definition) is 2. The average molecular weight is 258 g/mol. The normalized spacial score (nSPS) is 24.2. The van der Waals surface area contributed by atoms with Gasteiger partial charge in [-0.1, -0.05) is 18.2 Å². The number of nitrogens with zero attached hydrogens (tertiary/aromatic N) is 1. The van der Waals surface area contributed by atoms with Gasteiger partial charge in [-0.15, -0.1) is 0 Å². The third-order valence-electron chi connectivity index (χ3n) is 4.26. The first-order chi connectivity index (χ1) is 9.33. The maximum absolute atomic E-state index is 8.36. The molecule has 1 aromatic heterocycles. The molecule has 4 heteroatoms. The molecule has 1 saturated heterocycles. The average Bonchev–Trinajstić information content (AvgIpc) is 3.00. The van der Waals surface area contributed by atoms with E-state index in [-0.39, 0.29) is 6.47 Å². The van der Waals surface area contributed by atoms with E-state index in [1.165, 1.54) is 42.7 Å². The highest BCUT2D eigenvalue weighted by atomic mass is 16.3. The fraction of sp³-hybridized carbons (Fsp3) is 0.400. The highest BCUT2D eigenvalue weighted by molar-refractivity contribution is 5.81. The number of para-hydroxylation sites is 1. The van der Waals surface area contributed by atoms with Crippen molar-refractivity contribution in [2.24, 2.45) is 11.8 Å². The Balaban J connectivity index is 0.000000339. The number of hydrogen-bond acceptors (Lipinski definition) is 2. The molecule has 0 amide bonds. The molecule has 4 rings (SSSR count). The van der Waals surface area contributed by atoms with E-state index in [2.05, 4.69) is 40.2 Å². The molecular weight excluding hydrogens is 240 g/mol. The lowest BCUT2D eigenvalue weighted by molar-refractivity contribution is -0.122. The van der Waals surface area contributed by atoms with Crippen LogP contribution in [0.1, 0.15) is 5.69 Å². The number of aromatic nitrogens is 1. The predicted octanol–water partition coefficient (Wildman–Crippen LogP) is 1.73. The van der Waals surface area contributed by atoms with Crippen LogP contribution in [-0.2, 0) is 17.8 Å². The van der Waals surface area contributed by atoms with E-state index < -0.39 is 0 Å². The van der Waals surface area contributed by atoms with E-state index in [1.807, 2.05) is 0 Å². The van der Waals surface area contributed by atoms with Crippen molar-refractivity contribution in [2.45, 2.75) is 13.0 Å². The SMILES string of the molecule is O=CO.c1ccc2c(c1)cc1n2C[C@H]2CNC[C@@H]2C1. The Morgan fingerprint density at radius 2 is 2.00 bits per heavy atom. The molecular formula is C15H18N2O2. The van der Waals surface area contributed by atoms with Crippen molar-refractivity contribution in [2.75, 3.05) is 13.1 Å². The van der Waals surface area contributed by atoms with Crippen molar-refractivity contribution < 1.29 is 9.90 Å². The molecule has 2 aromatic rings. The number of fused-ring (bicyclic) bond motifs is 4. The van der Waals surface area contributed by atoms with Crippen LogP contribution in [0.25, 0.3) is 10.9 Å². The second kappa shape index (κ2) is 5.05. The van der Waals surface area contributed by atoms with Gasteiger partial charge in [0.05, 0.1) is 0 Å². The van der Waals surface area contributed by atoms with Crippen LogP contribution < -0.4 is 5.32 Å². The van der Waals surface area contributed by atoms with Crippen molar-refractivity contribution in [3.8, 4) is 0 Å². The van der Waals surface area contributed by atoms with Crippen molar-refractivity contribution >= 4 is 17.4 Å². The maximum Gasteiger partial charge on any atom is 0.290 e. The summed E-state index contributed by atoms with van der Waals surface area (Å²) in [6.07, 6.45) is 1.26. The van der Waals surface area contributed by atoms with Crippen molar-refractivity contribution in [3.05, 3.63) is 36.0 Å². The summed E-state index contributed by atoms with van der Waals surface area (Å²) in [5.74, 6) is 1.72. The Kier molecular flexibility index (Phi) is 3.25. The van der Waals surface area contributed by atoms with Gasteiger partial charge in [0.2, 0.25) is 0 Å². The second-order valence-corrected chi connectivity index (χ2v) is 5.29. The van der Waals surface area contributed by atoms with Crippen LogP contribution in [0.5, 0.6) is 0 Å². The number of carbonyl (C=O) groups is 1. The summed E-state index contributed by atoms with van der Waals surface area (Å²) in [5.41, 5.74) is 2.95. The van der Waals surface area contributed by atoms with Gasteiger partial charge in [-0.3, -0.25) is 4.79 Å². The van der Waals surface area contributed by atoms with Crippen molar-refractivity contribution in [3.63, 3.8) is 0 Å². The predicted molar refractivity (Wildman–Crippen MR) is 74.2 cm³/mol. The summed E-state index contributed by atoms with van der Waals surface area (Å²) in [4.78, 5) is 8.36. The molecule has 2 aliphatic rings. The standard InChI is InChI=1S/C14H16N2.CH2O2/c1-2-4-14-10(3-1)5-13-6-11-7-15-8-12(11)9-16(13)14;2-1-3/h1-5,11-12,15H,6-9H2;1H,(H,2,3)/t11-,12+;/m0./s1. The lowest BCUT2D eigenvalue weighted by Crippen LogP contribution is -2.27. The van der Waals surface area contributed by atoms with Crippen LogP contribution in [0.15, 0.2) is 30.3 Å². The maximum atomic E-state index is 8.36. The first-order valence-electron chi connectivity index (χ1n) is 6.69. The molecule has 0 radical (unpaired) electrons. The Morgan fingerprint density at radius 1 is 1.26 bits per heavy atom. The zero-order valence-corrected chi connectivity index (χ0v) is 10.7. The summed E-state index contributed by atoms with van der Waals surface area (Å²) in [5, 5.41) is 11.8. The molecule has 0 aliphatic carbocycles. The summed E-state index contributed by atoms with van der Waals surface area (Å²) in [6, 6.07) is 11.1. The van der Waals surface area contributed by atoms with Gasteiger partial charge in [-0.25, -0.2) is 0 Å². The molecule has 100 valence electrons. The van der Waals surface area contributed by atoms with Gasteiger partial charge in [0, 0.05) is 17.8 Å². The lowest BCUT2D eigenvalue weighted by atomic mass is 9.88. The monoisotopic (exact) mass is 258 g/mol. The largest absolute Gasteiger partial charge is 0.483 e. The van der Waals surface area contributed by atoms with Gasteiger partial charge in [0.1, 0.15) is 0 Å². The Labute approximate surface area is 112 Å². The quantitative estimate of drug-likeness (QED) is 0.708. The fourth-order valence-electron chi connectivity index (χ4n) is 3.40. The zero-order valence-electron chi connectivity index (χ0n) is 10.7. The molecule has 2 atom stereocenters. The number of carboxylic acid groups (broad SMARTS) is 1. The molecule has 0 bridgehead atoms. The summed E-state index contributed by atoms with van der Waals surface area (Å²) < 4.78 is 2.53. The molecule has 1 aromatic carbocycles. The van der Waals surface area contributed by atoms with Crippen LogP contribution in [0, 0.1) is 11.8 Å². The third-order valence-corrected chi connectivity index (χ3v) is 4.26.